The molecule has 0 bridgehead atoms. The molecule has 0 fully saturated rings. The zero-order valence-corrected chi connectivity index (χ0v) is 16.6. The van der Waals surface area contributed by atoms with Crippen LogP contribution < -0.4 is 10.6 Å². The Balaban J connectivity index is 0.00000441. The van der Waals surface area contributed by atoms with Gasteiger partial charge in [-0.3, -0.25) is 0 Å². The normalized spacial score (nSPS) is 11.7. The molecule has 0 spiro atoms. The van der Waals surface area contributed by atoms with Gasteiger partial charge in [0.1, 0.15) is 0 Å². The average Bonchev–Trinajstić information content (AvgIpc) is 2.46. The van der Waals surface area contributed by atoms with Gasteiger partial charge >= 0.3 is 0 Å². The van der Waals surface area contributed by atoms with E-state index in [9.17, 15) is 8.42 Å². The van der Waals surface area contributed by atoms with Gasteiger partial charge in [-0.2, -0.15) is 0 Å². The lowest BCUT2D eigenvalue weighted by Gasteiger charge is -2.11. The summed E-state index contributed by atoms with van der Waals surface area (Å²) in [5.74, 6) is 0.939. The van der Waals surface area contributed by atoms with Crippen molar-refractivity contribution in [3.63, 3.8) is 0 Å². The van der Waals surface area contributed by atoms with Crippen LogP contribution in [0.25, 0.3) is 0 Å². The molecular formula is C15H26IN3O2S. The first-order valence-electron chi connectivity index (χ1n) is 7.25. The minimum atomic E-state index is -2.95. The number of nitrogens with one attached hydrogen (secondary N) is 2. The maximum Gasteiger partial charge on any atom is 0.191 e. The molecule has 0 heterocycles. The minimum absolute atomic E-state index is 0. The molecule has 0 saturated carbocycles. The first kappa shape index (κ1) is 21.2. The highest BCUT2D eigenvalue weighted by atomic mass is 127. The summed E-state index contributed by atoms with van der Waals surface area (Å²) < 4.78 is 22.9. The lowest BCUT2D eigenvalue weighted by Crippen LogP contribution is -2.39. The minimum Gasteiger partial charge on any atom is -0.357 e. The summed E-state index contributed by atoms with van der Waals surface area (Å²) in [5.41, 5.74) is 2.34. The molecule has 0 saturated heterocycles. The van der Waals surface area contributed by atoms with Crippen LogP contribution in [0.4, 0.5) is 0 Å². The van der Waals surface area contributed by atoms with Crippen LogP contribution in [0.5, 0.6) is 0 Å². The Hall–Kier alpha value is -0.830. The van der Waals surface area contributed by atoms with Crippen LogP contribution in [0.2, 0.25) is 0 Å². The second kappa shape index (κ2) is 10.8. The second-order valence-corrected chi connectivity index (χ2v) is 7.32. The van der Waals surface area contributed by atoms with E-state index in [-0.39, 0.29) is 35.5 Å². The van der Waals surface area contributed by atoms with Gasteiger partial charge in [-0.05, 0) is 19.4 Å². The van der Waals surface area contributed by atoms with Crippen LogP contribution in [0.1, 0.15) is 25.0 Å². The van der Waals surface area contributed by atoms with Crippen LogP contribution in [0.3, 0.4) is 0 Å². The predicted octanol–water partition coefficient (Wildman–Crippen LogP) is 2.10. The fourth-order valence-corrected chi connectivity index (χ4v) is 2.38. The van der Waals surface area contributed by atoms with Gasteiger partial charge in [0.25, 0.3) is 0 Å². The van der Waals surface area contributed by atoms with Crippen molar-refractivity contribution in [3.8, 4) is 0 Å². The molecule has 0 aliphatic heterocycles. The van der Waals surface area contributed by atoms with Crippen LogP contribution in [-0.4, -0.2) is 39.0 Å². The maximum atomic E-state index is 11.4. The van der Waals surface area contributed by atoms with E-state index < -0.39 is 9.84 Å². The number of hydrogen-bond acceptors (Lipinski definition) is 3. The summed E-state index contributed by atoms with van der Waals surface area (Å²) in [5, 5.41) is 6.17. The number of halogens is 1. The first-order valence-corrected chi connectivity index (χ1v) is 9.07. The smallest absolute Gasteiger partial charge is 0.191 e. The van der Waals surface area contributed by atoms with Crippen LogP contribution in [-0.2, 0) is 16.4 Å². The lowest BCUT2D eigenvalue weighted by atomic mass is 10.1. The summed E-state index contributed by atoms with van der Waals surface area (Å²) in [7, 11) is -2.95. The monoisotopic (exact) mass is 439 g/mol. The summed E-state index contributed by atoms with van der Waals surface area (Å²) in [6.07, 6.45) is 0. The maximum absolute atomic E-state index is 11.4. The Morgan fingerprint density at radius 3 is 2.32 bits per heavy atom. The molecule has 1 aromatic rings. The summed E-state index contributed by atoms with van der Waals surface area (Å²) in [4.78, 5) is 4.46. The second-order valence-electron chi connectivity index (χ2n) is 4.84. The number of hydrogen-bond donors (Lipinski definition) is 2. The molecule has 1 aromatic carbocycles. The molecule has 5 nitrogen and oxygen atoms in total. The number of benzene rings is 1. The summed E-state index contributed by atoms with van der Waals surface area (Å²) >= 11 is 0. The van der Waals surface area contributed by atoms with Gasteiger partial charge < -0.3 is 10.6 Å². The van der Waals surface area contributed by atoms with Gasteiger partial charge in [0.15, 0.2) is 15.8 Å². The Morgan fingerprint density at radius 1 is 1.14 bits per heavy atom. The van der Waals surface area contributed by atoms with Gasteiger partial charge in [0.2, 0.25) is 0 Å². The number of aryl methyl sites for hydroxylation is 1. The molecule has 0 aliphatic rings. The van der Waals surface area contributed by atoms with E-state index in [0.29, 0.717) is 19.0 Å². The molecule has 126 valence electrons. The summed E-state index contributed by atoms with van der Waals surface area (Å²) in [6, 6.07) is 8.20. The molecule has 0 unspecified atom stereocenters. The Bertz CT molecular complexity index is 557. The standard InChI is InChI=1S/C15H25N3O2S.HI/c1-4-16-15(17-10-11-21(19,20)5-2)18-12-14-8-6-13(3)7-9-14;/h6-9H,4-5,10-12H2,1-3H3,(H2,16,17,18);1H. The fourth-order valence-electron chi connectivity index (χ4n) is 1.67. The van der Waals surface area contributed by atoms with E-state index in [1.54, 1.807) is 6.92 Å². The van der Waals surface area contributed by atoms with E-state index in [0.717, 1.165) is 12.1 Å². The molecule has 7 heteroatoms. The average molecular weight is 439 g/mol. The van der Waals surface area contributed by atoms with Crippen molar-refractivity contribution in [3.05, 3.63) is 35.4 Å². The highest BCUT2D eigenvalue weighted by Crippen LogP contribution is 2.04. The van der Waals surface area contributed by atoms with Crippen molar-refractivity contribution >= 4 is 39.8 Å². The molecule has 1 rings (SSSR count). The molecule has 22 heavy (non-hydrogen) atoms. The molecule has 0 amide bonds. The number of rotatable bonds is 7. The number of guanidine groups is 1. The third-order valence-corrected chi connectivity index (χ3v) is 4.74. The highest BCUT2D eigenvalue weighted by molar-refractivity contribution is 14.0. The van der Waals surface area contributed by atoms with Crippen LogP contribution in [0.15, 0.2) is 29.3 Å². The van der Waals surface area contributed by atoms with Crippen LogP contribution in [0, 0.1) is 6.92 Å². The Morgan fingerprint density at radius 2 is 1.77 bits per heavy atom. The van der Waals surface area contributed by atoms with Gasteiger partial charge in [-0.25, -0.2) is 13.4 Å². The molecule has 0 aromatic heterocycles. The number of sulfone groups is 1. The van der Waals surface area contributed by atoms with E-state index in [1.165, 1.54) is 5.56 Å². The number of aliphatic imine (C=N–C) groups is 1. The van der Waals surface area contributed by atoms with Crippen molar-refractivity contribution in [1.82, 2.24) is 10.6 Å². The summed E-state index contributed by atoms with van der Waals surface area (Å²) in [6.45, 7) is 7.36. The Kier molecular flexibility index (Phi) is 10.4. The Labute approximate surface area is 150 Å². The van der Waals surface area contributed by atoms with E-state index >= 15 is 0 Å². The third-order valence-electron chi connectivity index (χ3n) is 3.03. The van der Waals surface area contributed by atoms with Crippen molar-refractivity contribution in [2.24, 2.45) is 4.99 Å². The van der Waals surface area contributed by atoms with E-state index in [4.69, 9.17) is 0 Å². The fraction of sp³-hybridized carbons (Fsp3) is 0.533. The molecular weight excluding hydrogens is 413 g/mol. The molecule has 2 N–H and O–H groups in total. The number of nitrogens with zero attached hydrogens (tertiary/aromatic N) is 1. The SMILES string of the molecule is CCNC(=NCc1ccc(C)cc1)NCCS(=O)(=O)CC.I. The largest absolute Gasteiger partial charge is 0.357 e. The zero-order chi connectivity index (χ0) is 15.7. The predicted molar refractivity (Wildman–Crippen MR) is 104 cm³/mol. The zero-order valence-electron chi connectivity index (χ0n) is 13.4. The molecule has 0 atom stereocenters. The van der Waals surface area contributed by atoms with Gasteiger partial charge in [-0.15, -0.1) is 24.0 Å². The van der Waals surface area contributed by atoms with Crippen molar-refractivity contribution in [1.29, 1.82) is 0 Å². The van der Waals surface area contributed by atoms with Crippen molar-refractivity contribution in [2.75, 3.05) is 24.6 Å². The van der Waals surface area contributed by atoms with E-state index in [1.807, 2.05) is 26.0 Å². The highest BCUT2D eigenvalue weighted by Gasteiger charge is 2.07. The molecule has 0 radical (unpaired) electrons. The van der Waals surface area contributed by atoms with E-state index in [2.05, 4.69) is 27.8 Å². The van der Waals surface area contributed by atoms with Gasteiger partial charge in [-0.1, -0.05) is 36.8 Å². The first-order chi connectivity index (χ1) is 9.96. The van der Waals surface area contributed by atoms with Crippen LogP contribution >= 0.6 is 24.0 Å². The van der Waals surface area contributed by atoms with Gasteiger partial charge in [0.05, 0.1) is 12.3 Å². The third kappa shape index (κ3) is 8.57. The van der Waals surface area contributed by atoms with Crippen molar-refractivity contribution < 1.29 is 8.42 Å². The topological polar surface area (TPSA) is 70.6 Å². The van der Waals surface area contributed by atoms with Crippen molar-refractivity contribution in [2.45, 2.75) is 27.3 Å². The quantitative estimate of drug-likeness (QED) is 0.388. The lowest BCUT2D eigenvalue weighted by molar-refractivity contribution is 0.595. The van der Waals surface area contributed by atoms with Gasteiger partial charge in [0, 0.05) is 18.8 Å². The molecule has 0 aliphatic carbocycles.